The summed E-state index contributed by atoms with van der Waals surface area (Å²) >= 11 is 0. The van der Waals surface area contributed by atoms with Crippen LogP contribution in [0.5, 0.6) is 0 Å². The number of urea groups is 1. The van der Waals surface area contributed by atoms with Crippen molar-refractivity contribution >= 4 is 11.8 Å². The summed E-state index contributed by atoms with van der Waals surface area (Å²) in [5.41, 5.74) is 0.721. The highest BCUT2D eigenvalue weighted by Crippen LogP contribution is 2.22. The van der Waals surface area contributed by atoms with Crippen LogP contribution in [0.15, 0.2) is 36.5 Å². The quantitative estimate of drug-likeness (QED) is 0.912. The standard InChI is InChI=1S/C15H17FN4O/c16-13-4-2-1-3-12(13)9-11-6-8-20(10-11)15(21)18-14-5-7-17-19-14/h1-5,7,11H,6,8-10H2,(H2,17,18,19,21). The van der Waals surface area contributed by atoms with Gasteiger partial charge in [-0.1, -0.05) is 18.2 Å². The Labute approximate surface area is 122 Å². The number of halogens is 1. The number of carbonyl (C=O) groups is 1. The number of rotatable bonds is 3. The largest absolute Gasteiger partial charge is 0.324 e. The van der Waals surface area contributed by atoms with Gasteiger partial charge in [0.1, 0.15) is 11.6 Å². The van der Waals surface area contributed by atoms with Crippen molar-refractivity contribution < 1.29 is 9.18 Å². The Balaban J connectivity index is 1.56. The second-order valence-electron chi connectivity index (χ2n) is 5.30. The Bertz CT molecular complexity index is 614. The van der Waals surface area contributed by atoms with Crippen LogP contribution in [0.25, 0.3) is 0 Å². The third-order valence-corrected chi connectivity index (χ3v) is 3.78. The van der Waals surface area contributed by atoms with Gasteiger partial charge >= 0.3 is 6.03 Å². The number of hydrogen-bond donors (Lipinski definition) is 2. The molecule has 0 aliphatic carbocycles. The highest BCUT2D eigenvalue weighted by atomic mass is 19.1. The Morgan fingerprint density at radius 2 is 2.29 bits per heavy atom. The van der Waals surface area contributed by atoms with E-state index in [1.54, 1.807) is 23.2 Å². The van der Waals surface area contributed by atoms with Crippen LogP contribution < -0.4 is 5.32 Å². The first-order chi connectivity index (χ1) is 10.2. The van der Waals surface area contributed by atoms with Crippen molar-refractivity contribution in [3.63, 3.8) is 0 Å². The molecule has 1 aliphatic heterocycles. The zero-order chi connectivity index (χ0) is 14.7. The molecule has 1 aromatic heterocycles. The van der Waals surface area contributed by atoms with Crippen LogP contribution in [0.2, 0.25) is 0 Å². The van der Waals surface area contributed by atoms with Gasteiger partial charge in [-0.05, 0) is 30.4 Å². The molecular formula is C15H17FN4O. The smallest absolute Gasteiger partial charge is 0.323 e. The number of anilines is 1. The zero-order valence-corrected chi connectivity index (χ0v) is 11.6. The van der Waals surface area contributed by atoms with E-state index < -0.39 is 0 Å². The Morgan fingerprint density at radius 1 is 1.43 bits per heavy atom. The molecule has 0 saturated carbocycles. The molecule has 3 rings (SSSR count). The van der Waals surface area contributed by atoms with Gasteiger partial charge in [0.15, 0.2) is 0 Å². The minimum absolute atomic E-state index is 0.143. The van der Waals surface area contributed by atoms with Crippen molar-refractivity contribution in [2.24, 2.45) is 5.92 Å². The average molecular weight is 288 g/mol. The molecule has 0 bridgehead atoms. The van der Waals surface area contributed by atoms with E-state index in [9.17, 15) is 9.18 Å². The molecule has 2 N–H and O–H groups in total. The Morgan fingerprint density at radius 3 is 3.05 bits per heavy atom. The van der Waals surface area contributed by atoms with Gasteiger partial charge < -0.3 is 4.90 Å². The average Bonchev–Trinajstić information content (AvgIpc) is 3.13. The van der Waals surface area contributed by atoms with Gasteiger partial charge in [-0.25, -0.2) is 9.18 Å². The second kappa shape index (κ2) is 5.95. The van der Waals surface area contributed by atoms with E-state index in [1.165, 1.54) is 6.07 Å². The summed E-state index contributed by atoms with van der Waals surface area (Å²) in [5.74, 6) is 0.713. The lowest BCUT2D eigenvalue weighted by Gasteiger charge is -2.16. The number of nitrogens with zero attached hydrogens (tertiary/aromatic N) is 2. The van der Waals surface area contributed by atoms with Crippen molar-refractivity contribution in [1.82, 2.24) is 15.1 Å². The van der Waals surface area contributed by atoms with Crippen molar-refractivity contribution in [2.75, 3.05) is 18.4 Å². The lowest BCUT2D eigenvalue weighted by Crippen LogP contribution is -2.33. The van der Waals surface area contributed by atoms with Crippen molar-refractivity contribution in [2.45, 2.75) is 12.8 Å². The minimum Gasteiger partial charge on any atom is -0.324 e. The molecule has 0 radical (unpaired) electrons. The fourth-order valence-corrected chi connectivity index (χ4v) is 2.68. The van der Waals surface area contributed by atoms with Crippen LogP contribution in [-0.2, 0) is 6.42 Å². The molecule has 2 heterocycles. The summed E-state index contributed by atoms with van der Waals surface area (Å²) in [6.07, 6.45) is 3.14. The summed E-state index contributed by atoms with van der Waals surface area (Å²) in [7, 11) is 0. The summed E-state index contributed by atoms with van der Waals surface area (Å²) in [4.78, 5) is 13.8. The van der Waals surface area contributed by atoms with E-state index in [0.717, 1.165) is 12.0 Å². The lowest BCUT2D eigenvalue weighted by atomic mass is 9.98. The highest BCUT2D eigenvalue weighted by Gasteiger charge is 2.27. The van der Waals surface area contributed by atoms with Gasteiger partial charge in [-0.15, -0.1) is 0 Å². The van der Waals surface area contributed by atoms with Gasteiger partial charge in [-0.2, -0.15) is 5.10 Å². The van der Waals surface area contributed by atoms with E-state index in [0.29, 0.717) is 31.2 Å². The van der Waals surface area contributed by atoms with E-state index in [4.69, 9.17) is 0 Å². The first kappa shape index (κ1) is 13.6. The molecule has 2 aromatic rings. The van der Waals surface area contributed by atoms with E-state index in [-0.39, 0.29) is 11.8 Å². The normalized spacial score (nSPS) is 18.0. The Hall–Kier alpha value is -2.37. The molecule has 1 unspecified atom stereocenters. The molecule has 1 aromatic carbocycles. The maximum absolute atomic E-state index is 13.6. The Kier molecular flexibility index (Phi) is 3.85. The summed E-state index contributed by atoms with van der Waals surface area (Å²) in [6.45, 7) is 1.34. The molecule has 0 spiro atoms. The van der Waals surface area contributed by atoms with Crippen LogP contribution >= 0.6 is 0 Å². The summed E-state index contributed by atoms with van der Waals surface area (Å²) in [6, 6.07) is 8.38. The van der Waals surface area contributed by atoms with Crippen LogP contribution in [0.4, 0.5) is 15.0 Å². The SMILES string of the molecule is O=C(Nc1ccn[nH]1)N1CCC(Cc2ccccc2F)C1. The molecule has 21 heavy (non-hydrogen) atoms. The first-order valence-corrected chi connectivity index (χ1v) is 7.01. The maximum Gasteiger partial charge on any atom is 0.323 e. The number of H-pyrrole nitrogens is 1. The number of amides is 2. The predicted molar refractivity (Wildman–Crippen MR) is 77.4 cm³/mol. The molecule has 1 atom stereocenters. The maximum atomic E-state index is 13.6. The third-order valence-electron chi connectivity index (χ3n) is 3.78. The minimum atomic E-state index is -0.169. The van der Waals surface area contributed by atoms with Crippen LogP contribution in [0.1, 0.15) is 12.0 Å². The monoisotopic (exact) mass is 288 g/mol. The number of nitrogens with one attached hydrogen (secondary N) is 2. The van der Waals surface area contributed by atoms with Gasteiger partial charge in [0.05, 0.1) is 6.20 Å². The second-order valence-corrected chi connectivity index (χ2v) is 5.30. The van der Waals surface area contributed by atoms with Crippen molar-refractivity contribution in [3.05, 3.63) is 47.9 Å². The molecule has 6 heteroatoms. The van der Waals surface area contributed by atoms with E-state index in [2.05, 4.69) is 15.5 Å². The molecule has 5 nitrogen and oxygen atoms in total. The van der Waals surface area contributed by atoms with Gasteiger partial charge in [-0.3, -0.25) is 10.4 Å². The summed E-state index contributed by atoms with van der Waals surface area (Å²) < 4.78 is 13.6. The number of likely N-dealkylation sites (tertiary alicyclic amines) is 1. The molecule has 1 aliphatic rings. The number of carbonyl (C=O) groups excluding carboxylic acids is 1. The van der Waals surface area contributed by atoms with Gasteiger partial charge in [0.2, 0.25) is 0 Å². The molecular weight excluding hydrogens is 271 g/mol. The van der Waals surface area contributed by atoms with Crippen molar-refractivity contribution in [1.29, 1.82) is 0 Å². The fraction of sp³-hybridized carbons (Fsp3) is 0.333. The third kappa shape index (κ3) is 3.21. The highest BCUT2D eigenvalue weighted by molar-refractivity contribution is 5.88. The van der Waals surface area contributed by atoms with Gasteiger partial charge in [0.25, 0.3) is 0 Å². The number of aromatic amines is 1. The number of hydrogen-bond acceptors (Lipinski definition) is 2. The molecule has 1 fully saturated rings. The summed E-state index contributed by atoms with van der Waals surface area (Å²) in [5, 5.41) is 9.23. The fourth-order valence-electron chi connectivity index (χ4n) is 2.68. The topological polar surface area (TPSA) is 61.0 Å². The molecule has 1 saturated heterocycles. The predicted octanol–water partition coefficient (Wildman–Crippen LogP) is 2.65. The van der Waals surface area contributed by atoms with Crippen LogP contribution in [-0.4, -0.2) is 34.2 Å². The molecule has 2 amide bonds. The zero-order valence-electron chi connectivity index (χ0n) is 11.6. The van der Waals surface area contributed by atoms with Crippen molar-refractivity contribution in [3.8, 4) is 0 Å². The van der Waals surface area contributed by atoms with Crippen LogP contribution in [0.3, 0.4) is 0 Å². The van der Waals surface area contributed by atoms with Crippen LogP contribution in [0, 0.1) is 11.7 Å². The van der Waals surface area contributed by atoms with E-state index >= 15 is 0 Å². The first-order valence-electron chi connectivity index (χ1n) is 7.01. The van der Waals surface area contributed by atoms with Gasteiger partial charge in [0, 0.05) is 19.2 Å². The van der Waals surface area contributed by atoms with E-state index in [1.807, 2.05) is 12.1 Å². The number of benzene rings is 1. The number of aromatic nitrogens is 2. The molecule has 110 valence electrons. The lowest BCUT2D eigenvalue weighted by molar-refractivity contribution is 0.220.